The van der Waals surface area contributed by atoms with Crippen LogP contribution >= 0.6 is 0 Å². The van der Waals surface area contributed by atoms with Crippen molar-refractivity contribution in [3.8, 4) is 0 Å². The molecule has 0 aromatic carbocycles. The van der Waals surface area contributed by atoms with Gasteiger partial charge in [-0.2, -0.15) is 0 Å². The molecule has 102 valence electrons. The Bertz CT molecular complexity index is 339. The number of nitrogens with one attached hydrogen (secondary N) is 1. The van der Waals surface area contributed by atoms with Crippen LogP contribution in [0.3, 0.4) is 0 Å². The van der Waals surface area contributed by atoms with Crippen molar-refractivity contribution in [3.63, 3.8) is 0 Å². The number of rotatable bonds is 4. The van der Waals surface area contributed by atoms with Crippen molar-refractivity contribution in [2.75, 3.05) is 6.61 Å². The van der Waals surface area contributed by atoms with E-state index in [1.807, 2.05) is 20.8 Å². The fourth-order valence-corrected chi connectivity index (χ4v) is 1.77. The number of amides is 1. The summed E-state index contributed by atoms with van der Waals surface area (Å²) in [5.41, 5.74) is 0.726. The number of hydrogen-bond acceptors (Lipinski definition) is 3. The van der Waals surface area contributed by atoms with Crippen molar-refractivity contribution in [1.29, 1.82) is 0 Å². The van der Waals surface area contributed by atoms with Crippen molar-refractivity contribution in [2.24, 2.45) is 0 Å². The van der Waals surface area contributed by atoms with E-state index < -0.39 is 11.7 Å². The Morgan fingerprint density at radius 2 is 2.22 bits per heavy atom. The highest BCUT2D eigenvalue weighted by Gasteiger charge is 2.19. The van der Waals surface area contributed by atoms with Crippen LogP contribution in [0.4, 0.5) is 4.79 Å². The molecule has 1 amide bonds. The van der Waals surface area contributed by atoms with Crippen molar-refractivity contribution in [1.82, 2.24) is 5.32 Å². The lowest BCUT2D eigenvalue weighted by molar-refractivity contribution is 0.0482. The minimum absolute atomic E-state index is 0.0830. The molecule has 4 heteroatoms. The van der Waals surface area contributed by atoms with E-state index in [-0.39, 0.29) is 12.6 Å². The van der Waals surface area contributed by atoms with Gasteiger partial charge in [0, 0.05) is 0 Å². The number of alkyl carbamates (subject to hydrolysis) is 1. The van der Waals surface area contributed by atoms with E-state index in [1.165, 1.54) is 5.57 Å². The van der Waals surface area contributed by atoms with E-state index >= 15 is 0 Å². The third-order valence-electron chi connectivity index (χ3n) is 2.54. The summed E-state index contributed by atoms with van der Waals surface area (Å²) in [6.45, 7) is 5.36. The van der Waals surface area contributed by atoms with Crippen LogP contribution in [-0.4, -0.2) is 29.4 Å². The molecular formula is C14H23NO3. The Labute approximate surface area is 109 Å². The van der Waals surface area contributed by atoms with Crippen molar-refractivity contribution in [3.05, 3.63) is 23.8 Å². The first-order valence-electron chi connectivity index (χ1n) is 6.34. The molecule has 0 bridgehead atoms. The normalized spacial score (nSPS) is 17.0. The number of aliphatic hydroxyl groups is 1. The summed E-state index contributed by atoms with van der Waals surface area (Å²) in [5, 5.41) is 12.0. The largest absolute Gasteiger partial charge is 0.444 e. The molecule has 0 saturated carbocycles. The van der Waals surface area contributed by atoms with Crippen LogP contribution in [0.15, 0.2) is 23.8 Å². The van der Waals surface area contributed by atoms with Crippen LogP contribution in [0.2, 0.25) is 0 Å². The molecule has 0 saturated heterocycles. The number of hydrogen-bond donors (Lipinski definition) is 2. The smallest absolute Gasteiger partial charge is 0.407 e. The fraction of sp³-hybridized carbons (Fsp3) is 0.643. The summed E-state index contributed by atoms with van der Waals surface area (Å²) in [5.74, 6) is 0. The maximum atomic E-state index is 11.6. The van der Waals surface area contributed by atoms with Gasteiger partial charge in [-0.05, 0) is 40.0 Å². The first kappa shape index (κ1) is 14.8. The lowest BCUT2D eigenvalue weighted by Crippen LogP contribution is -2.41. The van der Waals surface area contributed by atoms with Crippen LogP contribution in [0.5, 0.6) is 0 Å². The van der Waals surface area contributed by atoms with Crippen LogP contribution in [0, 0.1) is 0 Å². The van der Waals surface area contributed by atoms with Crippen molar-refractivity contribution < 1.29 is 14.6 Å². The molecule has 0 unspecified atom stereocenters. The summed E-state index contributed by atoms with van der Waals surface area (Å²) in [4.78, 5) is 11.6. The molecule has 1 aliphatic rings. The average Bonchev–Trinajstić information content (AvgIpc) is 2.27. The number of carbonyl (C=O) groups excluding carboxylic acids is 1. The average molecular weight is 253 g/mol. The van der Waals surface area contributed by atoms with Gasteiger partial charge < -0.3 is 15.2 Å². The summed E-state index contributed by atoms with van der Waals surface area (Å²) >= 11 is 0. The Morgan fingerprint density at radius 1 is 1.50 bits per heavy atom. The van der Waals surface area contributed by atoms with E-state index in [0.717, 1.165) is 12.8 Å². The van der Waals surface area contributed by atoms with Gasteiger partial charge >= 0.3 is 6.09 Å². The molecule has 18 heavy (non-hydrogen) atoms. The summed E-state index contributed by atoms with van der Waals surface area (Å²) < 4.78 is 5.16. The van der Waals surface area contributed by atoms with Gasteiger partial charge in [-0.1, -0.05) is 23.8 Å². The molecule has 0 aromatic heterocycles. The molecule has 0 heterocycles. The molecule has 0 aromatic rings. The van der Waals surface area contributed by atoms with Gasteiger partial charge in [0.1, 0.15) is 5.60 Å². The third-order valence-corrected chi connectivity index (χ3v) is 2.54. The molecule has 0 spiro atoms. The number of allylic oxidation sites excluding steroid dienone is 3. The van der Waals surface area contributed by atoms with E-state index in [4.69, 9.17) is 4.74 Å². The molecule has 0 aliphatic heterocycles. The SMILES string of the molecule is CC(C)(C)OC(=O)N[C@H](CO)CC1=CCC=CC1. The predicted octanol–water partition coefficient (Wildman–Crippen LogP) is 2.54. The number of ether oxygens (including phenoxy) is 1. The Balaban J connectivity index is 2.42. The highest BCUT2D eigenvalue weighted by molar-refractivity contribution is 5.68. The van der Waals surface area contributed by atoms with Crippen molar-refractivity contribution in [2.45, 2.75) is 51.7 Å². The minimum atomic E-state index is -0.517. The lowest BCUT2D eigenvalue weighted by atomic mass is 9.99. The maximum Gasteiger partial charge on any atom is 0.407 e. The Morgan fingerprint density at radius 3 is 2.72 bits per heavy atom. The van der Waals surface area contributed by atoms with Crippen LogP contribution in [-0.2, 0) is 4.74 Å². The summed E-state index contributed by atoms with van der Waals surface area (Å²) in [7, 11) is 0. The van der Waals surface area contributed by atoms with Crippen molar-refractivity contribution >= 4 is 6.09 Å². The first-order valence-corrected chi connectivity index (χ1v) is 6.34. The molecule has 1 atom stereocenters. The molecule has 0 fully saturated rings. The minimum Gasteiger partial charge on any atom is -0.444 e. The highest BCUT2D eigenvalue weighted by atomic mass is 16.6. The zero-order valence-electron chi connectivity index (χ0n) is 11.4. The maximum absolute atomic E-state index is 11.6. The van der Waals surface area contributed by atoms with E-state index in [1.54, 1.807) is 0 Å². The second-order valence-corrected chi connectivity index (χ2v) is 5.50. The summed E-state index contributed by atoms with van der Waals surface area (Å²) in [6.07, 6.45) is 8.37. The number of aliphatic hydroxyl groups excluding tert-OH is 1. The molecule has 2 N–H and O–H groups in total. The molecule has 1 rings (SSSR count). The molecule has 0 radical (unpaired) electrons. The first-order chi connectivity index (χ1) is 8.40. The second-order valence-electron chi connectivity index (χ2n) is 5.50. The van der Waals surface area contributed by atoms with E-state index in [0.29, 0.717) is 6.42 Å². The molecular weight excluding hydrogens is 230 g/mol. The van der Waals surface area contributed by atoms with Gasteiger partial charge in [0.15, 0.2) is 0 Å². The van der Waals surface area contributed by atoms with Gasteiger partial charge in [0.25, 0.3) is 0 Å². The Hall–Kier alpha value is -1.29. The van der Waals surface area contributed by atoms with Gasteiger partial charge in [0.2, 0.25) is 0 Å². The summed E-state index contributed by atoms with van der Waals surface area (Å²) in [6, 6.07) is -0.280. The van der Waals surface area contributed by atoms with E-state index in [2.05, 4.69) is 23.5 Å². The molecule has 1 aliphatic carbocycles. The third kappa shape index (κ3) is 5.87. The zero-order chi connectivity index (χ0) is 13.6. The van der Waals surface area contributed by atoms with Crippen LogP contribution in [0.1, 0.15) is 40.0 Å². The van der Waals surface area contributed by atoms with Gasteiger partial charge in [-0.3, -0.25) is 0 Å². The monoisotopic (exact) mass is 253 g/mol. The van der Waals surface area contributed by atoms with Gasteiger partial charge in [-0.25, -0.2) is 4.79 Å². The van der Waals surface area contributed by atoms with Crippen LogP contribution < -0.4 is 5.32 Å². The van der Waals surface area contributed by atoms with Crippen LogP contribution in [0.25, 0.3) is 0 Å². The predicted molar refractivity (Wildman–Crippen MR) is 71.3 cm³/mol. The molecule has 4 nitrogen and oxygen atoms in total. The topological polar surface area (TPSA) is 58.6 Å². The highest BCUT2D eigenvalue weighted by Crippen LogP contribution is 2.16. The number of carbonyl (C=O) groups is 1. The lowest BCUT2D eigenvalue weighted by Gasteiger charge is -2.23. The Kier molecular flexibility index (Phi) is 5.41. The zero-order valence-corrected chi connectivity index (χ0v) is 11.4. The second kappa shape index (κ2) is 6.59. The van der Waals surface area contributed by atoms with Gasteiger partial charge in [-0.15, -0.1) is 0 Å². The van der Waals surface area contributed by atoms with Gasteiger partial charge in [0.05, 0.1) is 12.6 Å². The van der Waals surface area contributed by atoms with E-state index in [9.17, 15) is 9.90 Å². The standard InChI is InChI=1S/C14H23NO3/c1-14(2,3)18-13(17)15-12(10-16)9-11-7-5-4-6-8-11/h4-5,8,12,16H,6-7,9-10H2,1-3H3,(H,15,17)/t12-/m0/s1. The fourth-order valence-electron chi connectivity index (χ4n) is 1.77. The quantitative estimate of drug-likeness (QED) is 0.757.